The van der Waals surface area contributed by atoms with Crippen LogP contribution in [0.1, 0.15) is 62.8 Å². The average molecular weight is 247 g/mol. The molecular weight excluding hydrogens is 218 g/mol. The fourth-order valence-electron chi connectivity index (χ4n) is 2.51. The molecule has 1 atom stereocenters. The molecule has 0 heterocycles. The molecular formula is C17H29N. The topological polar surface area (TPSA) is 12.0 Å². The van der Waals surface area contributed by atoms with E-state index in [4.69, 9.17) is 0 Å². The molecule has 0 radical (unpaired) electrons. The average Bonchev–Trinajstić information content (AvgIpc) is 2.24. The van der Waals surface area contributed by atoms with Gasteiger partial charge in [0.25, 0.3) is 0 Å². The van der Waals surface area contributed by atoms with Crippen LogP contribution in [-0.4, -0.2) is 7.05 Å². The molecule has 1 unspecified atom stereocenters. The van der Waals surface area contributed by atoms with Gasteiger partial charge in [0.2, 0.25) is 0 Å². The number of hydrogen-bond acceptors (Lipinski definition) is 1. The van der Waals surface area contributed by atoms with Crippen molar-refractivity contribution in [1.82, 2.24) is 5.32 Å². The summed E-state index contributed by atoms with van der Waals surface area (Å²) in [7, 11) is 2.07. The summed E-state index contributed by atoms with van der Waals surface area (Å²) in [6.45, 7) is 11.3. The molecule has 1 N–H and O–H groups in total. The first-order valence-corrected chi connectivity index (χ1v) is 7.08. The molecule has 0 saturated heterocycles. The van der Waals surface area contributed by atoms with Crippen LogP contribution < -0.4 is 5.32 Å². The highest BCUT2D eigenvalue weighted by molar-refractivity contribution is 5.32. The van der Waals surface area contributed by atoms with Crippen molar-refractivity contribution in [3.63, 3.8) is 0 Å². The molecule has 1 heteroatoms. The highest BCUT2D eigenvalue weighted by Crippen LogP contribution is 2.27. The predicted octanol–water partition coefficient (Wildman–Crippen LogP) is 4.78. The van der Waals surface area contributed by atoms with Gasteiger partial charge in [0.15, 0.2) is 0 Å². The van der Waals surface area contributed by atoms with Gasteiger partial charge < -0.3 is 5.32 Å². The second-order valence-electron chi connectivity index (χ2n) is 6.65. The Balaban J connectivity index is 2.66. The Bertz CT molecular complexity index is 374. The summed E-state index contributed by atoms with van der Waals surface area (Å²) < 4.78 is 0. The minimum Gasteiger partial charge on any atom is -0.313 e. The molecule has 1 aromatic rings. The number of benzene rings is 1. The van der Waals surface area contributed by atoms with Gasteiger partial charge in [-0.1, -0.05) is 51.0 Å². The molecule has 0 amide bonds. The monoisotopic (exact) mass is 247 g/mol. The molecule has 0 aliphatic carbocycles. The lowest BCUT2D eigenvalue weighted by Crippen LogP contribution is -2.18. The van der Waals surface area contributed by atoms with E-state index in [-0.39, 0.29) is 0 Å². The zero-order valence-electron chi connectivity index (χ0n) is 12.9. The number of rotatable bonds is 5. The van der Waals surface area contributed by atoms with Crippen LogP contribution in [0.25, 0.3) is 0 Å². The van der Waals surface area contributed by atoms with Crippen LogP contribution in [0.3, 0.4) is 0 Å². The van der Waals surface area contributed by atoms with Crippen molar-refractivity contribution < 1.29 is 0 Å². The highest BCUT2D eigenvalue weighted by atomic mass is 14.9. The highest BCUT2D eigenvalue weighted by Gasteiger charge is 2.14. The van der Waals surface area contributed by atoms with Crippen LogP contribution in [0.2, 0.25) is 0 Å². The van der Waals surface area contributed by atoms with E-state index >= 15 is 0 Å². The third-order valence-corrected chi connectivity index (χ3v) is 3.57. The van der Waals surface area contributed by atoms with E-state index in [9.17, 15) is 0 Å². The van der Waals surface area contributed by atoms with Crippen LogP contribution in [0.5, 0.6) is 0 Å². The van der Waals surface area contributed by atoms with E-state index in [1.165, 1.54) is 36.0 Å². The van der Waals surface area contributed by atoms with Crippen molar-refractivity contribution >= 4 is 0 Å². The van der Waals surface area contributed by atoms with Gasteiger partial charge in [-0.15, -0.1) is 0 Å². The zero-order valence-corrected chi connectivity index (χ0v) is 12.9. The van der Waals surface area contributed by atoms with Crippen molar-refractivity contribution in [2.75, 3.05) is 7.05 Å². The summed E-state index contributed by atoms with van der Waals surface area (Å²) in [5.74, 6) is 0. The van der Waals surface area contributed by atoms with Gasteiger partial charge in [0.1, 0.15) is 0 Å². The second-order valence-corrected chi connectivity index (χ2v) is 6.65. The number of aryl methyl sites for hydroxylation is 2. The van der Waals surface area contributed by atoms with E-state index in [1.54, 1.807) is 0 Å². The van der Waals surface area contributed by atoms with Crippen LogP contribution >= 0.6 is 0 Å². The molecule has 1 rings (SSSR count). The molecule has 0 bridgehead atoms. The number of nitrogens with one attached hydrogen (secondary N) is 1. The fraction of sp³-hybridized carbons (Fsp3) is 0.647. The van der Waals surface area contributed by atoms with Crippen molar-refractivity contribution in [1.29, 1.82) is 0 Å². The van der Waals surface area contributed by atoms with Crippen LogP contribution in [0.15, 0.2) is 18.2 Å². The molecule has 1 nitrogen and oxygen atoms in total. The molecule has 0 saturated carbocycles. The molecule has 1 aromatic carbocycles. The summed E-state index contributed by atoms with van der Waals surface area (Å²) in [6, 6.07) is 7.27. The van der Waals surface area contributed by atoms with Crippen LogP contribution in [-0.2, 0) is 0 Å². The fourth-order valence-corrected chi connectivity index (χ4v) is 2.51. The molecule has 0 spiro atoms. The maximum absolute atomic E-state index is 3.46. The Kier molecular flexibility index (Phi) is 5.40. The Morgan fingerprint density at radius 2 is 1.83 bits per heavy atom. The van der Waals surface area contributed by atoms with Crippen LogP contribution in [0, 0.1) is 19.3 Å². The van der Waals surface area contributed by atoms with E-state index in [2.05, 4.69) is 65.2 Å². The standard InChI is InChI=1S/C17H29N/c1-13-9-10-15(14(2)12-13)16(18-6)8-7-11-17(3,4)5/h9-10,12,16,18H,7-8,11H2,1-6H3. The molecule has 0 aliphatic heterocycles. The third kappa shape index (κ3) is 4.81. The van der Waals surface area contributed by atoms with Crippen molar-refractivity contribution in [3.8, 4) is 0 Å². The Morgan fingerprint density at radius 3 is 2.33 bits per heavy atom. The lowest BCUT2D eigenvalue weighted by Gasteiger charge is -2.22. The van der Waals surface area contributed by atoms with Gasteiger partial charge in [0.05, 0.1) is 0 Å². The lowest BCUT2D eigenvalue weighted by molar-refractivity contribution is 0.347. The minimum absolute atomic E-state index is 0.445. The zero-order chi connectivity index (χ0) is 13.8. The van der Waals surface area contributed by atoms with Gasteiger partial charge in [-0.2, -0.15) is 0 Å². The van der Waals surface area contributed by atoms with E-state index < -0.39 is 0 Å². The first-order chi connectivity index (χ1) is 8.33. The van der Waals surface area contributed by atoms with Gasteiger partial charge in [0, 0.05) is 6.04 Å². The Morgan fingerprint density at radius 1 is 1.17 bits per heavy atom. The van der Waals surface area contributed by atoms with Crippen molar-refractivity contribution in [2.45, 2.75) is 59.9 Å². The van der Waals surface area contributed by atoms with Crippen molar-refractivity contribution in [2.24, 2.45) is 5.41 Å². The summed E-state index contributed by atoms with van der Waals surface area (Å²) in [4.78, 5) is 0. The van der Waals surface area contributed by atoms with E-state index in [0.29, 0.717) is 11.5 Å². The van der Waals surface area contributed by atoms with E-state index in [0.717, 1.165) is 0 Å². The normalized spacial score (nSPS) is 13.7. The summed E-state index contributed by atoms with van der Waals surface area (Å²) in [6.07, 6.45) is 3.79. The third-order valence-electron chi connectivity index (χ3n) is 3.57. The Hall–Kier alpha value is -0.820. The molecule has 0 aliphatic rings. The summed E-state index contributed by atoms with van der Waals surface area (Å²) >= 11 is 0. The van der Waals surface area contributed by atoms with E-state index in [1.807, 2.05) is 0 Å². The van der Waals surface area contributed by atoms with Gasteiger partial charge in [-0.25, -0.2) is 0 Å². The molecule has 0 aromatic heterocycles. The largest absolute Gasteiger partial charge is 0.313 e. The molecule has 18 heavy (non-hydrogen) atoms. The Labute approximate surface area is 113 Å². The maximum atomic E-state index is 3.46. The smallest absolute Gasteiger partial charge is 0.0320 e. The van der Waals surface area contributed by atoms with Gasteiger partial charge >= 0.3 is 0 Å². The van der Waals surface area contributed by atoms with Gasteiger partial charge in [-0.3, -0.25) is 0 Å². The number of hydrogen-bond donors (Lipinski definition) is 1. The minimum atomic E-state index is 0.445. The first-order valence-electron chi connectivity index (χ1n) is 7.08. The summed E-state index contributed by atoms with van der Waals surface area (Å²) in [5, 5.41) is 3.46. The second kappa shape index (κ2) is 6.38. The quantitative estimate of drug-likeness (QED) is 0.789. The predicted molar refractivity (Wildman–Crippen MR) is 81.0 cm³/mol. The maximum Gasteiger partial charge on any atom is 0.0320 e. The summed E-state index contributed by atoms with van der Waals surface area (Å²) in [5.41, 5.74) is 4.66. The molecule has 102 valence electrons. The van der Waals surface area contributed by atoms with Crippen molar-refractivity contribution in [3.05, 3.63) is 34.9 Å². The molecule has 0 fully saturated rings. The lowest BCUT2D eigenvalue weighted by atomic mass is 9.87. The van der Waals surface area contributed by atoms with Crippen LogP contribution in [0.4, 0.5) is 0 Å². The SMILES string of the molecule is CNC(CCCC(C)(C)C)c1ccc(C)cc1C. The van der Waals surface area contributed by atoms with Gasteiger partial charge in [-0.05, 0) is 50.3 Å². The first kappa shape index (κ1) is 15.2.